The normalized spacial score (nSPS) is 12.2. The highest BCUT2D eigenvalue weighted by atomic mass is 79.9. The molecule has 106 valence electrons. The summed E-state index contributed by atoms with van der Waals surface area (Å²) in [4.78, 5) is 0. The van der Waals surface area contributed by atoms with E-state index < -0.39 is 0 Å². The summed E-state index contributed by atoms with van der Waals surface area (Å²) in [6.07, 6.45) is 0. The van der Waals surface area contributed by atoms with Gasteiger partial charge in [0.05, 0.1) is 13.2 Å². The van der Waals surface area contributed by atoms with Crippen molar-refractivity contribution in [2.24, 2.45) is 0 Å². The van der Waals surface area contributed by atoms with Crippen LogP contribution in [0.5, 0.6) is 5.75 Å². The van der Waals surface area contributed by atoms with Gasteiger partial charge in [-0.1, -0.05) is 46.6 Å². The smallest absolute Gasteiger partial charge is 0.119 e. The minimum atomic E-state index is 0.0988. The number of ether oxygens (including phenoxy) is 1. The Kier molecular flexibility index (Phi) is 5.46. The van der Waals surface area contributed by atoms with Crippen molar-refractivity contribution in [2.75, 3.05) is 13.7 Å². The number of nitrogens with one attached hydrogen (secondary N) is 1. The Hall–Kier alpha value is -1.03. The lowest BCUT2D eigenvalue weighted by Crippen LogP contribution is -2.22. The van der Waals surface area contributed by atoms with Crippen LogP contribution in [0, 0.1) is 0 Å². The summed E-state index contributed by atoms with van der Waals surface area (Å²) in [5, 5.41) is 4.24. The van der Waals surface area contributed by atoms with E-state index in [-0.39, 0.29) is 6.04 Å². The van der Waals surface area contributed by atoms with Gasteiger partial charge in [-0.15, -0.1) is 0 Å². The Labute approximate surface area is 133 Å². The zero-order valence-electron chi connectivity index (χ0n) is 11.5. The van der Waals surface area contributed by atoms with Gasteiger partial charge < -0.3 is 10.1 Å². The summed E-state index contributed by atoms with van der Waals surface area (Å²) in [6.45, 7) is 2.97. The quantitative estimate of drug-likeness (QED) is 0.832. The Bertz CT molecular complexity index is 571. The molecule has 0 saturated carbocycles. The van der Waals surface area contributed by atoms with Crippen LogP contribution in [0.2, 0.25) is 5.02 Å². The molecule has 0 bridgehead atoms. The molecule has 0 spiro atoms. The van der Waals surface area contributed by atoms with Crippen molar-refractivity contribution >= 4 is 27.5 Å². The van der Waals surface area contributed by atoms with Crippen molar-refractivity contribution in [3.05, 3.63) is 63.1 Å². The molecule has 2 aromatic carbocycles. The third-order valence-corrected chi connectivity index (χ3v) is 4.10. The van der Waals surface area contributed by atoms with Crippen LogP contribution in [0.15, 0.2) is 46.9 Å². The molecular formula is C16H17BrClNO. The van der Waals surface area contributed by atoms with Gasteiger partial charge in [0.2, 0.25) is 0 Å². The van der Waals surface area contributed by atoms with Gasteiger partial charge in [0, 0.05) is 9.50 Å². The average Bonchev–Trinajstić information content (AvgIpc) is 2.47. The summed E-state index contributed by atoms with van der Waals surface area (Å²) in [5.41, 5.74) is 2.32. The lowest BCUT2D eigenvalue weighted by atomic mass is 9.98. The molecule has 0 amide bonds. The average molecular weight is 355 g/mol. The van der Waals surface area contributed by atoms with Crippen molar-refractivity contribution in [2.45, 2.75) is 13.0 Å². The maximum absolute atomic E-state index is 5.97. The third kappa shape index (κ3) is 3.54. The van der Waals surface area contributed by atoms with Gasteiger partial charge in [-0.2, -0.15) is 0 Å². The first kappa shape index (κ1) is 15.4. The molecule has 2 nitrogen and oxygen atoms in total. The number of hydrogen-bond acceptors (Lipinski definition) is 2. The van der Waals surface area contributed by atoms with Crippen LogP contribution in [0.3, 0.4) is 0 Å². The zero-order chi connectivity index (χ0) is 14.5. The van der Waals surface area contributed by atoms with E-state index in [1.807, 2.05) is 42.5 Å². The standard InChI is InChI=1S/C16H17BrClNO/c1-3-19-16(11-4-6-12(18)7-5-11)14-10-13(20-2)8-9-15(14)17/h4-10,16,19H,3H2,1-2H3. The number of halogens is 2. The van der Waals surface area contributed by atoms with Gasteiger partial charge in [-0.3, -0.25) is 0 Å². The Morgan fingerprint density at radius 2 is 1.90 bits per heavy atom. The van der Waals surface area contributed by atoms with E-state index in [1.54, 1.807) is 7.11 Å². The summed E-state index contributed by atoms with van der Waals surface area (Å²) in [7, 11) is 1.68. The second-order valence-electron chi connectivity index (χ2n) is 4.43. The highest BCUT2D eigenvalue weighted by Crippen LogP contribution is 2.32. The molecule has 4 heteroatoms. The van der Waals surface area contributed by atoms with Gasteiger partial charge >= 0.3 is 0 Å². The Balaban J connectivity index is 2.44. The molecule has 0 radical (unpaired) electrons. The fraction of sp³-hybridized carbons (Fsp3) is 0.250. The molecule has 0 aliphatic carbocycles. The predicted molar refractivity (Wildman–Crippen MR) is 87.7 cm³/mol. The highest BCUT2D eigenvalue weighted by molar-refractivity contribution is 9.10. The first-order chi connectivity index (χ1) is 9.65. The minimum absolute atomic E-state index is 0.0988. The molecule has 2 rings (SSSR count). The Morgan fingerprint density at radius 3 is 2.50 bits per heavy atom. The molecule has 0 aliphatic rings. The summed E-state index contributed by atoms with van der Waals surface area (Å²) >= 11 is 9.59. The number of methoxy groups -OCH3 is 1. The summed E-state index contributed by atoms with van der Waals surface area (Å²) in [6, 6.07) is 14.0. The SMILES string of the molecule is CCNC(c1ccc(Cl)cc1)c1cc(OC)ccc1Br. The molecule has 0 aromatic heterocycles. The first-order valence-corrected chi connectivity index (χ1v) is 7.65. The second-order valence-corrected chi connectivity index (χ2v) is 5.72. The van der Waals surface area contributed by atoms with E-state index in [2.05, 4.69) is 28.2 Å². The number of rotatable bonds is 5. The van der Waals surface area contributed by atoms with E-state index in [0.717, 1.165) is 27.4 Å². The van der Waals surface area contributed by atoms with Crippen molar-refractivity contribution in [1.82, 2.24) is 5.32 Å². The number of benzene rings is 2. The van der Waals surface area contributed by atoms with E-state index in [4.69, 9.17) is 16.3 Å². The molecule has 2 aromatic rings. The van der Waals surface area contributed by atoms with Crippen LogP contribution >= 0.6 is 27.5 Å². The van der Waals surface area contributed by atoms with Crippen LogP contribution in [-0.2, 0) is 0 Å². The van der Waals surface area contributed by atoms with Crippen molar-refractivity contribution in [3.8, 4) is 5.75 Å². The number of hydrogen-bond donors (Lipinski definition) is 1. The molecule has 20 heavy (non-hydrogen) atoms. The minimum Gasteiger partial charge on any atom is -0.497 e. The van der Waals surface area contributed by atoms with Crippen molar-refractivity contribution < 1.29 is 4.74 Å². The van der Waals surface area contributed by atoms with Gasteiger partial charge in [0.15, 0.2) is 0 Å². The van der Waals surface area contributed by atoms with Crippen LogP contribution < -0.4 is 10.1 Å². The fourth-order valence-corrected chi connectivity index (χ4v) is 2.74. The Morgan fingerprint density at radius 1 is 1.20 bits per heavy atom. The zero-order valence-corrected chi connectivity index (χ0v) is 13.8. The lowest BCUT2D eigenvalue weighted by Gasteiger charge is -2.21. The van der Waals surface area contributed by atoms with Crippen LogP contribution in [-0.4, -0.2) is 13.7 Å². The van der Waals surface area contributed by atoms with E-state index in [9.17, 15) is 0 Å². The molecular weight excluding hydrogens is 338 g/mol. The molecule has 0 heterocycles. The summed E-state index contributed by atoms with van der Waals surface area (Å²) < 4.78 is 6.38. The van der Waals surface area contributed by atoms with Crippen LogP contribution in [0.1, 0.15) is 24.1 Å². The first-order valence-electron chi connectivity index (χ1n) is 6.48. The van der Waals surface area contributed by atoms with Gasteiger partial charge in [-0.05, 0) is 48.0 Å². The second kappa shape index (κ2) is 7.11. The molecule has 0 fully saturated rings. The van der Waals surface area contributed by atoms with Gasteiger partial charge in [0.25, 0.3) is 0 Å². The van der Waals surface area contributed by atoms with Crippen LogP contribution in [0.25, 0.3) is 0 Å². The highest BCUT2D eigenvalue weighted by Gasteiger charge is 2.16. The van der Waals surface area contributed by atoms with Crippen molar-refractivity contribution in [1.29, 1.82) is 0 Å². The molecule has 1 N–H and O–H groups in total. The van der Waals surface area contributed by atoms with Gasteiger partial charge in [-0.25, -0.2) is 0 Å². The lowest BCUT2D eigenvalue weighted by molar-refractivity contribution is 0.413. The van der Waals surface area contributed by atoms with Crippen LogP contribution in [0.4, 0.5) is 0 Å². The fourth-order valence-electron chi connectivity index (χ4n) is 2.14. The van der Waals surface area contributed by atoms with E-state index in [0.29, 0.717) is 0 Å². The third-order valence-electron chi connectivity index (χ3n) is 3.13. The van der Waals surface area contributed by atoms with Gasteiger partial charge in [0.1, 0.15) is 5.75 Å². The van der Waals surface area contributed by atoms with E-state index in [1.165, 1.54) is 5.56 Å². The molecule has 1 atom stereocenters. The maximum atomic E-state index is 5.97. The largest absolute Gasteiger partial charge is 0.497 e. The topological polar surface area (TPSA) is 21.3 Å². The maximum Gasteiger partial charge on any atom is 0.119 e. The molecule has 0 aliphatic heterocycles. The van der Waals surface area contributed by atoms with Crippen molar-refractivity contribution in [3.63, 3.8) is 0 Å². The predicted octanol–water partition coefficient (Wildman–Crippen LogP) is 4.81. The summed E-state index contributed by atoms with van der Waals surface area (Å²) in [5.74, 6) is 0.847. The molecule has 0 saturated heterocycles. The monoisotopic (exact) mass is 353 g/mol. The van der Waals surface area contributed by atoms with E-state index >= 15 is 0 Å². The molecule has 1 unspecified atom stereocenters.